The first kappa shape index (κ1) is 15.2. The first-order chi connectivity index (χ1) is 8.58. The van der Waals surface area contributed by atoms with Crippen LogP contribution in [0.2, 0.25) is 0 Å². The minimum atomic E-state index is -0.344. The number of rotatable bonds is 7. The second-order valence-electron chi connectivity index (χ2n) is 5.10. The maximum absolute atomic E-state index is 10.2. The monoisotopic (exact) mass is 249 g/mol. The van der Waals surface area contributed by atoms with Crippen LogP contribution in [0.25, 0.3) is 0 Å². The first-order valence-electron chi connectivity index (χ1n) is 7.07. The molecule has 2 nitrogen and oxygen atoms in total. The van der Waals surface area contributed by atoms with Crippen molar-refractivity contribution in [2.45, 2.75) is 52.7 Å². The van der Waals surface area contributed by atoms with Gasteiger partial charge in [-0.2, -0.15) is 0 Å². The largest absolute Gasteiger partial charge is 0.388 e. The van der Waals surface area contributed by atoms with Crippen molar-refractivity contribution in [3.05, 3.63) is 35.4 Å². The summed E-state index contributed by atoms with van der Waals surface area (Å²) >= 11 is 0. The molecule has 0 saturated heterocycles. The Morgan fingerprint density at radius 3 is 2.28 bits per heavy atom. The van der Waals surface area contributed by atoms with Crippen molar-refractivity contribution >= 4 is 0 Å². The van der Waals surface area contributed by atoms with Crippen LogP contribution in [0.5, 0.6) is 0 Å². The summed E-state index contributed by atoms with van der Waals surface area (Å²) in [5, 5.41) is 10.2. The van der Waals surface area contributed by atoms with Crippen molar-refractivity contribution in [2.24, 2.45) is 0 Å². The van der Waals surface area contributed by atoms with Crippen molar-refractivity contribution in [2.75, 3.05) is 13.1 Å². The first-order valence-corrected chi connectivity index (χ1v) is 7.07. The van der Waals surface area contributed by atoms with Crippen molar-refractivity contribution < 1.29 is 5.11 Å². The zero-order valence-corrected chi connectivity index (χ0v) is 12.2. The fraction of sp³-hybridized carbons (Fsp3) is 0.625. The molecule has 2 atom stereocenters. The highest BCUT2D eigenvalue weighted by Gasteiger charge is 2.13. The summed E-state index contributed by atoms with van der Waals surface area (Å²) in [6.45, 7) is 10.7. The fourth-order valence-corrected chi connectivity index (χ4v) is 2.19. The molecule has 2 heteroatoms. The number of hydrogen-bond acceptors (Lipinski definition) is 2. The highest BCUT2D eigenvalue weighted by Crippen LogP contribution is 2.18. The van der Waals surface area contributed by atoms with E-state index in [0.717, 1.165) is 31.5 Å². The molecule has 0 fully saturated rings. The zero-order chi connectivity index (χ0) is 13.5. The number of nitrogens with zero attached hydrogens (tertiary/aromatic N) is 1. The molecule has 0 aliphatic carbocycles. The lowest BCUT2D eigenvalue weighted by Crippen LogP contribution is -2.33. The maximum atomic E-state index is 10.2. The number of aryl methyl sites for hydroxylation is 1. The van der Waals surface area contributed by atoms with E-state index in [1.165, 1.54) is 5.56 Å². The molecule has 1 N–H and O–H groups in total. The third-order valence-electron chi connectivity index (χ3n) is 3.77. The van der Waals surface area contributed by atoms with E-state index in [4.69, 9.17) is 0 Å². The minimum absolute atomic E-state index is 0.344. The van der Waals surface area contributed by atoms with Gasteiger partial charge in [0.05, 0.1) is 6.10 Å². The fourth-order valence-electron chi connectivity index (χ4n) is 2.19. The summed E-state index contributed by atoms with van der Waals surface area (Å²) in [5.41, 5.74) is 2.27. The van der Waals surface area contributed by atoms with Gasteiger partial charge in [-0.15, -0.1) is 0 Å². The van der Waals surface area contributed by atoms with Crippen LogP contribution in [0, 0.1) is 6.92 Å². The second-order valence-corrected chi connectivity index (χ2v) is 5.10. The Bertz CT molecular complexity index is 333. The predicted molar refractivity (Wildman–Crippen MR) is 77.8 cm³/mol. The lowest BCUT2D eigenvalue weighted by Gasteiger charge is -2.27. The van der Waals surface area contributed by atoms with Gasteiger partial charge < -0.3 is 10.0 Å². The number of hydrogen-bond donors (Lipinski definition) is 1. The standard InChI is InChI=1S/C16H27NO/c1-5-14(4)17(6-2)12-11-16(18)15-9-7-13(3)8-10-15/h7-10,14,16,18H,5-6,11-12H2,1-4H3. The SMILES string of the molecule is CCC(C)N(CC)CCC(O)c1ccc(C)cc1. The Kier molecular flexibility index (Phi) is 6.37. The predicted octanol–water partition coefficient (Wildman–Crippen LogP) is 3.54. The molecule has 1 aromatic rings. The summed E-state index contributed by atoms with van der Waals surface area (Å²) in [4.78, 5) is 2.43. The quantitative estimate of drug-likeness (QED) is 0.799. The van der Waals surface area contributed by atoms with E-state index >= 15 is 0 Å². The van der Waals surface area contributed by atoms with Gasteiger partial charge >= 0.3 is 0 Å². The van der Waals surface area contributed by atoms with Gasteiger partial charge in [-0.25, -0.2) is 0 Å². The molecule has 0 saturated carbocycles. The molecule has 1 aromatic carbocycles. The van der Waals surface area contributed by atoms with Crippen LogP contribution in [-0.2, 0) is 0 Å². The molecular formula is C16H27NO. The van der Waals surface area contributed by atoms with Gasteiger partial charge in [-0.1, -0.05) is 43.7 Å². The van der Waals surface area contributed by atoms with E-state index in [2.05, 4.69) is 44.7 Å². The summed E-state index contributed by atoms with van der Waals surface area (Å²) < 4.78 is 0. The number of aliphatic hydroxyl groups excluding tert-OH is 1. The molecule has 102 valence electrons. The molecule has 0 bridgehead atoms. The van der Waals surface area contributed by atoms with Gasteiger partial charge in [0.15, 0.2) is 0 Å². The van der Waals surface area contributed by atoms with Crippen LogP contribution in [0.3, 0.4) is 0 Å². The maximum Gasteiger partial charge on any atom is 0.0802 e. The van der Waals surface area contributed by atoms with Crippen molar-refractivity contribution in [3.63, 3.8) is 0 Å². The Balaban J connectivity index is 2.49. The number of aliphatic hydroxyl groups is 1. The molecule has 2 unspecified atom stereocenters. The summed E-state index contributed by atoms with van der Waals surface area (Å²) in [6.07, 6.45) is 1.62. The Morgan fingerprint density at radius 1 is 1.17 bits per heavy atom. The second kappa shape index (κ2) is 7.55. The van der Waals surface area contributed by atoms with Gasteiger partial charge in [0.1, 0.15) is 0 Å². The normalized spacial score (nSPS) is 14.8. The van der Waals surface area contributed by atoms with E-state index in [-0.39, 0.29) is 6.10 Å². The average molecular weight is 249 g/mol. The van der Waals surface area contributed by atoms with Crippen LogP contribution in [0.15, 0.2) is 24.3 Å². The molecule has 18 heavy (non-hydrogen) atoms. The summed E-state index contributed by atoms with van der Waals surface area (Å²) in [5.74, 6) is 0. The van der Waals surface area contributed by atoms with E-state index < -0.39 is 0 Å². The Morgan fingerprint density at radius 2 is 1.78 bits per heavy atom. The van der Waals surface area contributed by atoms with Gasteiger partial charge in [0.2, 0.25) is 0 Å². The molecule has 0 amide bonds. The van der Waals surface area contributed by atoms with Gasteiger partial charge in [0.25, 0.3) is 0 Å². The molecule has 0 aliphatic heterocycles. The summed E-state index contributed by atoms with van der Waals surface area (Å²) in [6, 6.07) is 8.77. The Hall–Kier alpha value is -0.860. The van der Waals surface area contributed by atoms with E-state index in [0.29, 0.717) is 6.04 Å². The average Bonchev–Trinajstić information content (AvgIpc) is 2.39. The zero-order valence-electron chi connectivity index (χ0n) is 12.2. The van der Waals surface area contributed by atoms with Crippen LogP contribution in [0.4, 0.5) is 0 Å². The van der Waals surface area contributed by atoms with Crippen LogP contribution < -0.4 is 0 Å². The van der Waals surface area contributed by atoms with Crippen molar-refractivity contribution in [1.29, 1.82) is 0 Å². The lowest BCUT2D eigenvalue weighted by molar-refractivity contribution is 0.128. The van der Waals surface area contributed by atoms with Crippen LogP contribution in [0.1, 0.15) is 50.8 Å². The molecule has 0 heterocycles. The Labute approximate surface area is 112 Å². The van der Waals surface area contributed by atoms with Crippen molar-refractivity contribution in [3.8, 4) is 0 Å². The van der Waals surface area contributed by atoms with Crippen molar-refractivity contribution in [1.82, 2.24) is 4.90 Å². The van der Waals surface area contributed by atoms with Gasteiger partial charge in [0, 0.05) is 12.6 Å². The highest BCUT2D eigenvalue weighted by atomic mass is 16.3. The smallest absolute Gasteiger partial charge is 0.0802 e. The molecule has 0 aromatic heterocycles. The van der Waals surface area contributed by atoms with Crippen LogP contribution >= 0.6 is 0 Å². The summed E-state index contributed by atoms with van der Waals surface area (Å²) in [7, 11) is 0. The molecule has 0 radical (unpaired) electrons. The van der Waals surface area contributed by atoms with E-state index in [1.807, 2.05) is 12.1 Å². The lowest BCUT2D eigenvalue weighted by atomic mass is 10.0. The van der Waals surface area contributed by atoms with Gasteiger partial charge in [-0.05, 0) is 38.8 Å². The van der Waals surface area contributed by atoms with Gasteiger partial charge in [-0.3, -0.25) is 0 Å². The van der Waals surface area contributed by atoms with Crippen LogP contribution in [-0.4, -0.2) is 29.1 Å². The third kappa shape index (κ3) is 4.43. The highest BCUT2D eigenvalue weighted by molar-refractivity contribution is 5.22. The molecule has 1 rings (SSSR count). The van der Waals surface area contributed by atoms with E-state index in [9.17, 15) is 5.11 Å². The molecular weight excluding hydrogens is 222 g/mol. The number of benzene rings is 1. The topological polar surface area (TPSA) is 23.5 Å². The minimum Gasteiger partial charge on any atom is -0.388 e. The molecule has 0 aliphatic rings. The molecule has 0 spiro atoms. The van der Waals surface area contributed by atoms with E-state index in [1.54, 1.807) is 0 Å². The third-order valence-corrected chi connectivity index (χ3v) is 3.77.